The molecule has 1 heterocycles. The van der Waals surface area contributed by atoms with E-state index in [1.54, 1.807) is 0 Å². The highest BCUT2D eigenvalue weighted by atomic mass is 16.5. The summed E-state index contributed by atoms with van der Waals surface area (Å²) in [6.07, 6.45) is 1.77. The van der Waals surface area contributed by atoms with Gasteiger partial charge in [0.05, 0.1) is 13.0 Å². The first-order valence-electron chi connectivity index (χ1n) is 6.44. The van der Waals surface area contributed by atoms with E-state index in [0.29, 0.717) is 19.1 Å². The minimum Gasteiger partial charge on any atom is -0.466 e. The first-order valence-corrected chi connectivity index (χ1v) is 6.44. The van der Waals surface area contributed by atoms with Gasteiger partial charge in [-0.1, -0.05) is 13.8 Å². The Hall–Kier alpha value is -0.570. The summed E-state index contributed by atoms with van der Waals surface area (Å²) in [5.74, 6) is 1.48. The maximum Gasteiger partial charge on any atom is 0.307 e. The molecule has 1 saturated heterocycles. The number of carbonyl (C=O) groups excluding carboxylic acids is 1. The fourth-order valence-corrected chi connectivity index (χ4v) is 2.29. The summed E-state index contributed by atoms with van der Waals surface area (Å²) in [6.45, 7) is 11.3. The lowest BCUT2D eigenvalue weighted by molar-refractivity contribution is -0.144. The molecule has 0 bridgehead atoms. The van der Waals surface area contributed by atoms with E-state index >= 15 is 0 Å². The molecule has 16 heavy (non-hydrogen) atoms. The van der Waals surface area contributed by atoms with Gasteiger partial charge in [-0.25, -0.2) is 0 Å². The predicted molar refractivity (Wildman–Crippen MR) is 65.2 cm³/mol. The van der Waals surface area contributed by atoms with Crippen molar-refractivity contribution < 1.29 is 9.53 Å². The van der Waals surface area contributed by atoms with Crippen LogP contribution in [0.4, 0.5) is 0 Å². The smallest absolute Gasteiger partial charge is 0.307 e. The van der Waals surface area contributed by atoms with Gasteiger partial charge in [-0.05, 0) is 38.6 Å². The van der Waals surface area contributed by atoms with Crippen molar-refractivity contribution in [3.63, 3.8) is 0 Å². The van der Waals surface area contributed by atoms with E-state index in [4.69, 9.17) is 4.74 Å². The van der Waals surface area contributed by atoms with Crippen molar-refractivity contribution in [1.29, 1.82) is 0 Å². The topological polar surface area (TPSA) is 29.5 Å². The highest BCUT2D eigenvalue weighted by molar-refractivity contribution is 5.70. The van der Waals surface area contributed by atoms with Gasteiger partial charge in [0, 0.05) is 12.6 Å². The molecule has 3 heteroatoms. The van der Waals surface area contributed by atoms with E-state index < -0.39 is 0 Å². The van der Waals surface area contributed by atoms with Crippen LogP contribution in [0.3, 0.4) is 0 Å². The third-order valence-corrected chi connectivity index (χ3v) is 3.76. The van der Waals surface area contributed by atoms with Crippen molar-refractivity contribution in [3.05, 3.63) is 0 Å². The maximum absolute atomic E-state index is 11.4. The van der Waals surface area contributed by atoms with Crippen molar-refractivity contribution in [2.45, 2.75) is 46.6 Å². The number of ether oxygens (including phenoxy) is 1. The number of hydrogen-bond donors (Lipinski definition) is 0. The van der Waals surface area contributed by atoms with Crippen molar-refractivity contribution in [2.24, 2.45) is 11.8 Å². The first kappa shape index (κ1) is 13.5. The van der Waals surface area contributed by atoms with Crippen LogP contribution in [0.25, 0.3) is 0 Å². The van der Waals surface area contributed by atoms with Crippen molar-refractivity contribution in [1.82, 2.24) is 4.90 Å². The molecule has 0 aromatic carbocycles. The van der Waals surface area contributed by atoms with Gasteiger partial charge in [-0.3, -0.25) is 9.69 Å². The molecule has 3 nitrogen and oxygen atoms in total. The average molecular weight is 227 g/mol. The van der Waals surface area contributed by atoms with Crippen molar-refractivity contribution in [3.8, 4) is 0 Å². The van der Waals surface area contributed by atoms with Crippen molar-refractivity contribution in [2.75, 3.05) is 19.7 Å². The Bertz CT molecular complexity index is 230. The van der Waals surface area contributed by atoms with Gasteiger partial charge in [0.25, 0.3) is 0 Å². The van der Waals surface area contributed by atoms with Gasteiger partial charge in [0.1, 0.15) is 0 Å². The second-order valence-corrected chi connectivity index (χ2v) is 5.10. The molecule has 0 aliphatic carbocycles. The SMILES string of the molecule is CCOC(=O)CC(C)N1CCC(C)C(C)C1. The number of nitrogens with zero attached hydrogens (tertiary/aromatic N) is 1. The average Bonchev–Trinajstić information content (AvgIpc) is 2.22. The Labute approximate surface area is 99.1 Å². The Kier molecular flexibility index (Phi) is 5.26. The Morgan fingerprint density at radius 2 is 2.12 bits per heavy atom. The zero-order valence-electron chi connectivity index (χ0n) is 11.0. The molecular formula is C13H25NO2. The molecule has 3 atom stereocenters. The predicted octanol–water partition coefficient (Wildman–Crippen LogP) is 2.31. The quantitative estimate of drug-likeness (QED) is 0.690. The largest absolute Gasteiger partial charge is 0.466 e. The van der Waals surface area contributed by atoms with Gasteiger partial charge in [0.2, 0.25) is 0 Å². The maximum atomic E-state index is 11.4. The van der Waals surface area contributed by atoms with E-state index in [9.17, 15) is 4.79 Å². The van der Waals surface area contributed by atoms with Crippen LogP contribution >= 0.6 is 0 Å². The second kappa shape index (κ2) is 6.24. The molecule has 0 aromatic rings. The lowest BCUT2D eigenvalue weighted by Crippen LogP contribution is -2.44. The number of esters is 1. The van der Waals surface area contributed by atoms with Crippen LogP contribution < -0.4 is 0 Å². The summed E-state index contributed by atoms with van der Waals surface area (Å²) < 4.78 is 4.99. The van der Waals surface area contributed by atoms with E-state index in [0.717, 1.165) is 24.9 Å². The van der Waals surface area contributed by atoms with Crippen LogP contribution in [0.5, 0.6) is 0 Å². The molecule has 0 N–H and O–H groups in total. The van der Waals surface area contributed by atoms with Gasteiger partial charge < -0.3 is 4.74 Å². The standard InChI is InChI=1S/C13H25NO2/c1-5-16-13(15)8-12(4)14-7-6-10(2)11(3)9-14/h10-12H,5-9H2,1-4H3. The van der Waals surface area contributed by atoms with Gasteiger partial charge in [-0.15, -0.1) is 0 Å². The summed E-state index contributed by atoms with van der Waals surface area (Å²) in [4.78, 5) is 13.8. The van der Waals surface area contributed by atoms with Gasteiger partial charge >= 0.3 is 5.97 Å². The summed E-state index contributed by atoms with van der Waals surface area (Å²) >= 11 is 0. The zero-order chi connectivity index (χ0) is 12.1. The summed E-state index contributed by atoms with van der Waals surface area (Å²) in [7, 11) is 0. The van der Waals surface area contributed by atoms with E-state index in [2.05, 4.69) is 25.7 Å². The Morgan fingerprint density at radius 3 is 2.69 bits per heavy atom. The molecule has 1 aliphatic rings. The highest BCUT2D eigenvalue weighted by Crippen LogP contribution is 2.24. The molecule has 0 saturated carbocycles. The molecule has 1 fully saturated rings. The van der Waals surface area contributed by atoms with E-state index in [1.807, 2.05) is 6.92 Å². The van der Waals surface area contributed by atoms with Gasteiger partial charge in [-0.2, -0.15) is 0 Å². The number of hydrogen-bond acceptors (Lipinski definition) is 3. The minimum atomic E-state index is -0.0683. The molecule has 94 valence electrons. The van der Waals surface area contributed by atoms with E-state index in [-0.39, 0.29) is 5.97 Å². The van der Waals surface area contributed by atoms with Crippen LogP contribution in [0.15, 0.2) is 0 Å². The molecule has 0 aromatic heterocycles. The van der Waals surface area contributed by atoms with Gasteiger partial charge in [0.15, 0.2) is 0 Å². The van der Waals surface area contributed by atoms with Crippen LogP contribution in [0.1, 0.15) is 40.5 Å². The normalized spacial score (nSPS) is 28.8. The van der Waals surface area contributed by atoms with E-state index in [1.165, 1.54) is 6.42 Å². The molecular weight excluding hydrogens is 202 g/mol. The fraction of sp³-hybridized carbons (Fsp3) is 0.923. The second-order valence-electron chi connectivity index (χ2n) is 5.10. The fourth-order valence-electron chi connectivity index (χ4n) is 2.29. The summed E-state index contributed by atoms with van der Waals surface area (Å²) in [6, 6.07) is 0.314. The molecule has 3 unspecified atom stereocenters. The van der Waals surface area contributed by atoms with Crippen molar-refractivity contribution >= 4 is 5.97 Å². The number of piperidine rings is 1. The number of carbonyl (C=O) groups is 1. The molecule has 0 radical (unpaired) electrons. The molecule has 1 rings (SSSR count). The lowest BCUT2D eigenvalue weighted by Gasteiger charge is -2.38. The third-order valence-electron chi connectivity index (χ3n) is 3.76. The number of rotatable bonds is 4. The van der Waals surface area contributed by atoms with Crippen LogP contribution in [-0.4, -0.2) is 36.6 Å². The molecule has 0 spiro atoms. The van der Waals surface area contributed by atoms with Crippen LogP contribution in [0.2, 0.25) is 0 Å². The minimum absolute atomic E-state index is 0.0683. The highest BCUT2D eigenvalue weighted by Gasteiger charge is 2.26. The summed E-state index contributed by atoms with van der Waals surface area (Å²) in [5, 5.41) is 0. The van der Waals surface area contributed by atoms with Crippen LogP contribution in [-0.2, 0) is 9.53 Å². The summed E-state index contributed by atoms with van der Waals surface area (Å²) in [5.41, 5.74) is 0. The third kappa shape index (κ3) is 3.78. The molecule has 1 aliphatic heterocycles. The molecule has 0 amide bonds. The number of likely N-dealkylation sites (tertiary alicyclic amines) is 1. The lowest BCUT2D eigenvalue weighted by atomic mass is 9.88. The Balaban J connectivity index is 2.36. The Morgan fingerprint density at radius 1 is 1.44 bits per heavy atom. The van der Waals surface area contributed by atoms with Crippen LogP contribution in [0, 0.1) is 11.8 Å². The zero-order valence-corrected chi connectivity index (χ0v) is 11.0. The first-order chi connectivity index (χ1) is 7.54. The monoisotopic (exact) mass is 227 g/mol.